The number of methoxy groups -OCH3 is 3. The number of amides is 1. The number of nitrogens with zero attached hydrogens (tertiary/aromatic N) is 1. The van der Waals surface area contributed by atoms with E-state index in [0.29, 0.717) is 18.7 Å². The van der Waals surface area contributed by atoms with Gasteiger partial charge in [0.05, 0.1) is 32.9 Å². The van der Waals surface area contributed by atoms with Gasteiger partial charge in [0.1, 0.15) is 5.75 Å². The molecule has 29 heavy (non-hydrogen) atoms. The zero-order chi connectivity index (χ0) is 20.4. The van der Waals surface area contributed by atoms with E-state index in [1.54, 1.807) is 21.3 Å². The van der Waals surface area contributed by atoms with Crippen LogP contribution >= 0.6 is 0 Å². The number of hydrogen-bond donors (Lipinski definition) is 1. The van der Waals surface area contributed by atoms with Crippen LogP contribution in [-0.2, 0) is 17.8 Å². The maximum Gasteiger partial charge on any atom is 0.222 e. The predicted molar refractivity (Wildman–Crippen MR) is 112 cm³/mol. The molecule has 0 fully saturated rings. The Kier molecular flexibility index (Phi) is 5.34. The number of carbonyl (C=O) groups excluding carboxylic acids is 1. The van der Waals surface area contributed by atoms with Crippen LogP contribution in [0.1, 0.15) is 30.0 Å². The third-order valence-electron chi connectivity index (χ3n) is 5.63. The Hall–Kier alpha value is -3.15. The summed E-state index contributed by atoms with van der Waals surface area (Å²) in [5, 5.41) is 4.24. The number of nitrogens with one attached hydrogen (secondary N) is 1. The zero-order valence-corrected chi connectivity index (χ0v) is 17.0. The fourth-order valence-electron chi connectivity index (χ4n) is 4.14. The molecule has 0 bridgehead atoms. The van der Waals surface area contributed by atoms with Gasteiger partial charge in [0.25, 0.3) is 0 Å². The molecule has 6 heteroatoms. The molecular weight excluding hydrogens is 368 g/mol. The average Bonchev–Trinajstić information content (AvgIpc) is 3.34. The van der Waals surface area contributed by atoms with Crippen molar-refractivity contribution in [1.29, 1.82) is 0 Å². The second kappa shape index (κ2) is 8.07. The summed E-state index contributed by atoms with van der Waals surface area (Å²) in [4.78, 5) is 12.6. The topological polar surface area (TPSA) is 61.7 Å². The quantitative estimate of drug-likeness (QED) is 0.661. The summed E-state index contributed by atoms with van der Waals surface area (Å²) in [6.45, 7) is 0.619. The normalized spacial score (nSPS) is 15.2. The van der Waals surface area contributed by atoms with Crippen LogP contribution < -0.4 is 19.5 Å². The zero-order valence-electron chi connectivity index (χ0n) is 17.0. The Morgan fingerprint density at radius 3 is 2.59 bits per heavy atom. The van der Waals surface area contributed by atoms with Gasteiger partial charge in [-0.3, -0.25) is 4.79 Å². The molecule has 0 unspecified atom stereocenters. The molecule has 1 amide bonds. The minimum atomic E-state index is 0.0128. The lowest BCUT2D eigenvalue weighted by Crippen LogP contribution is -2.27. The van der Waals surface area contributed by atoms with Gasteiger partial charge in [-0.05, 0) is 54.3 Å². The fraction of sp³-hybridized carbons (Fsp3) is 0.348. The smallest absolute Gasteiger partial charge is 0.222 e. The average molecular weight is 394 g/mol. The van der Waals surface area contributed by atoms with E-state index < -0.39 is 0 Å². The number of carbonyl (C=O) groups is 1. The first-order chi connectivity index (χ1) is 14.1. The van der Waals surface area contributed by atoms with Crippen molar-refractivity contribution in [2.75, 3.05) is 21.3 Å². The molecule has 0 saturated carbocycles. The van der Waals surface area contributed by atoms with E-state index in [-0.39, 0.29) is 11.9 Å². The van der Waals surface area contributed by atoms with Crippen LogP contribution in [0, 0.1) is 0 Å². The molecule has 1 aromatic heterocycles. The highest BCUT2D eigenvalue weighted by Gasteiger charge is 2.26. The molecule has 0 saturated heterocycles. The van der Waals surface area contributed by atoms with Crippen LogP contribution in [0.4, 0.5) is 0 Å². The summed E-state index contributed by atoms with van der Waals surface area (Å²) in [7, 11) is 4.94. The maximum atomic E-state index is 12.6. The molecule has 0 aliphatic heterocycles. The van der Waals surface area contributed by atoms with Crippen molar-refractivity contribution in [3.8, 4) is 17.2 Å². The van der Waals surface area contributed by atoms with Crippen LogP contribution in [0.5, 0.6) is 17.2 Å². The summed E-state index contributed by atoms with van der Waals surface area (Å²) in [6.07, 6.45) is 4.23. The number of aromatic nitrogens is 1. The largest absolute Gasteiger partial charge is 0.496 e. The van der Waals surface area contributed by atoms with Crippen molar-refractivity contribution < 1.29 is 19.0 Å². The molecular formula is C23H26N2O4. The number of ether oxygens (including phenoxy) is 3. The minimum absolute atomic E-state index is 0.0128. The van der Waals surface area contributed by atoms with Gasteiger partial charge in [-0.15, -0.1) is 0 Å². The van der Waals surface area contributed by atoms with Crippen LogP contribution in [0.3, 0.4) is 0 Å². The summed E-state index contributed by atoms with van der Waals surface area (Å²) < 4.78 is 18.3. The second-order valence-electron chi connectivity index (χ2n) is 7.22. The molecule has 1 heterocycles. The number of benzene rings is 2. The van der Waals surface area contributed by atoms with Gasteiger partial charge in [0.2, 0.25) is 5.91 Å². The Morgan fingerprint density at radius 1 is 1.07 bits per heavy atom. The van der Waals surface area contributed by atoms with Gasteiger partial charge in [0.15, 0.2) is 11.5 Å². The van der Waals surface area contributed by atoms with E-state index in [9.17, 15) is 4.79 Å². The highest BCUT2D eigenvalue weighted by molar-refractivity contribution is 5.86. The molecule has 3 aromatic rings. The Labute approximate surface area is 170 Å². The summed E-state index contributed by atoms with van der Waals surface area (Å²) in [6, 6.07) is 12.0. The second-order valence-corrected chi connectivity index (χ2v) is 7.22. The van der Waals surface area contributed by atoms with Crippen molar-refractivity contribution in [2.24, 2.45) is 0 Å². The Bertz CT molecular complexity index is 1040. The van der Waals surface area contributed by atoms with Crippen molar-refractivity contribution in [3.05, 3.63) is 53.7 Å². The molecule has 1 N–H and O–H groups in total. The number of aryl methyl sites for hydroxylation is 2. The van der Waals surface area contributed by atoms with Gasteiger partial charge in [-0.25, -0.2) is 0 Å². The van der Waals surface area contributed by atoms with E-state index in [1.165, 1.54) is 5.56 Å². The van der Waals surface area contributed by atoms with Crippen molar-refractivity contribution >= 4 is 16.8 Å². The first-order valence-electron chi connectivity index (χ1n) is 9.80. The monoisotopic (exact) mass is 394 g/mol. The Morgan fingerprint density at radius 2 is 1.83 bits per heavy atom. The van der Waals surface area contributed by atoms with E-state index in [4.69, 9.17) is 14.2 Å². The summed E-state index contributed by atoms with van der Waals surface area (Å²) in [5.41, 5.74) is 3.39. The molecule has 152 valence electrons. The molecule has 6 nitrogen and oxygen atoms in total. The predicted octanol–water partition coefficient (Wildman–Crippen LogP) is 3.86. The standard InChI is InChI=1S/C23H26N2O4/c1-27-20-6-4-5-19-16(20)9-11-25(19)12-10-23(26)24-18-8-7-15-13-21(28-2)22(29-3)14-17(15)18/h4-6,9,11,13-14,18H,7-8,10,12H2,1-3H3,(H,24,26)/t18-/m1/s1. The lowest BCUT2D eigenvalue weighted by molar-refractivity contribution is -0.122. The molecule has 1 atom stereocenters. The van der Waals surface area contributed by atoms with Crippen molar-refractivity contribution in [3.63, 3.8) is 0 Å². The summed E-state index contributed by atoms with van der Waals surface area (Å²) in [5.74, 6) is 2.31. The molecule has 4 rings (SSSR count). The molecule has 0 spiro atoms. The van der Waals surface area contributed by atoms with Gasteiger partial charge in [-0.2, -0.15) is 0 Å². The fourth-order valence-corrected chi connectivity index (χ4v) is 4.14. The van der Waals surface area contributed by atoms with Crippen LogP contribution in [0.25, 0.3) is 10.9 Å². The highest BCUT2D eigenvalue weighted by atomic mass is 16.5. The molecule has 0 radical (unpaired) electrons. The first-order valence-corrected chi connectivity index (χ1v) is 9.80. The van der Waals surface area contributed by atoms with Crippen molar-refractivity contribution in [2.45, 2.75) is 31.8 Å². The van der Waals surface area contributed by atoms with E-state index in [1.807, 2.05) is 42.6 Å². The molecule has 1 aliphatic rings. The lowest BCUT2D eigenvalue weighted by Gasteiger charge is -2.16. The number of hydrogen-bond acceptors (Lipinski definition) is 4. The van der Waals surface area contributed by atoms with E-state index >= 15 is 0 Å². The van der Waals surface area contributed by atoms with Crippen LogP contribution in [-0.4, -0.2) is 31.8 Å². The Balaban J connectivity index is 1.43. The minimum Gasteiger partial charge on any atom is -0.496 e. The molecule has 1 aliphatic carbocycles. The van der Waals surface area contributed by atoms with E-state index in [2.05, 4.69) is 9.88 Å². The lowest BCUT2D eigenvalue weighted by atomic mass is 10.1. The summed E-state index contributed by atoms with van der Waals surface area (Å²) >= 11 is 0. The maximum absolute atomic E-state index is 12.6. The van der Waals surface area contributed by atoms with Gasteiger partial charge in [0, 0.05) is 24.5 Å². The van der Waals surface area contributed by atoms with Gasteiger partial charge >= 0.3 is 0 Å². The van der Waals surface area contributed by atoms with Crippen LogP contribution in [0.15, 0.2) is 42.6 Å². The van der Waals surface area contributed by atoms with Crippen molar-refractivity contribution in [1.82, 2.24) is 9.88 Å². The third kappa shape index (κ3) is 3.62. The SMILES string of the molecule is COc1cc2c(cc1OC)[C@H](NC(=O)CCn1ccc3c(OC)cccc31)CC2. The van der Waals surface area contributed by atoms with Crippen LogP contribution in [0.2, 0.25) is 0 Å². The number of rotatable bonds is 7. The first kappa shape index (κ1) is 19.2. The van der Waals surface area contributed by atoms with Gasteiger partial charge in [-0.1, -0.05) is 6.07 Å². The molecule has 2 aromatic carbocycles. The third-order valence-corrected chi connectivity index (χ3v) is 5.63. The van der Waals surface area contributed by atoms with Gasteiger partial charge < -0.3 is 24.1 Å². The van der Waals surface area contributed by atoms with E-state index in [0.717, 1.165) is 40.8 Å². The number of fused-ring (bicyclic) bond motifs is 2. The highest BCUT2D eigenvalue weighted by Crippen LogP contribution is 2.39.